The Morgan fingerprint density at radius 1 is 1.05 bits per heavy atom. The Bertz CT molecular complexity index is 710. The molecule has 0 saturated heterocycles. The van der Waals surface area contributed by atoms with Gasteiger partial charge < -0.3 is 4.98 Å². The fourth-order valence-electron chi connectivity index (χ4n) is 2.50. The highest BCUT2D eigenvalue weighted by Crippen LogP contribution is 2.16. The molecule has 0 atom stereocenters. The van der Waals surface area contributed by atoms with Crippen LogP contribution in [0, 0.1) is 13.8 Å². The first kappa shape index (κ1) is 12.0. The zero-order valence-corrected chi connectivity index (χ0v) is 11.4. The first-order valence-corrected chi connectivity index (χ1v) is 6.71. The molecule has 96 valence electrons. The van der Waals surface area contributed by atoms with Crippen molar-refractivity contribution in [2.75, 3.05) is 0 Å². The van der Waals surface area contributed by atoms with E-state index in [4.69, 9.17) is 0 Å². The molecule has 0 unspecified atom stereocenters. The third kappa shape index (κ3) is 2.53. The number of hydrogen-bond donors (Lipinski definition) is 1. The van der Waals surface area contributed by atoms with Crippen LogP contribution in [-0.4, -0.2) is 9.97 Å². The molecule has 3 rings (SSSR count). The van der Waals surface area contributed by atoms with E-state index in [-0.39, 0.29) is 0 Å². The molecule has 1 aromatic carbocycles. The molecule has 0 bridgehead atoms. The minimum absolute atomic E-state index is 0.983. The Labute approximate surface area is 113 Å². The van der Waals surface area contributed by atoms with Crippen LogP contribution >= 0.6 is 0 Å². The third-order valence-electron chi connectivity index (χ3n) is 3.61. The van der Waals surface area contributed by atoms with E-state index < -0.39 is 0 Å². The van der Waals surface area contributed by atoms with E-state index in [9.17, 15) is 0 Å². The van der Waals surface area contributed by atoms with Crippen LogP contribution in [0.25, 0.3) is 11.0 Å². The normalized spacial score (nSPS) is 11.1. The van der Waals surface area contributed by atoms with Crippen molar-refractivity contribution in [3.8, 4) is 0 Å². The molecule has 2 heteroatoms. The zero-order chi connectivity index (χ0) is 13.2. The molecule has 0 radical (unpaired) electrons. The number of aromatic nitrogens is 2. The summed E-state index contributed by atoms with van der Waals surface area (Å²) in [6.07, 6.45) is 4.10. The Kier molecular flexibility index (Phi) is 3.08. The van der Waals surface area contributed by atoms with E-state index in [1.165, 1.54) is 27.8 Å². The van der Waals surface area contributed by atoms with Crippen molar-refractivity contribution in [2.24, 2.45) is 0 Å². The van der Waals surface area contributed by atoms with Crippen molar-refractivity contribution in [1.82, 2.24) is 9.97 Å². The van der Waals surface area contributed by atoms with Crippen LogP contribution in [0.4, 0.5) is 0 Å². The lowest BCUT2D eigenvalue weighted by Gasteiger charge is -2.05. The summed E-state index contributed by atoms with van der Waals surface area (Å²) in [5.41, 5.74) is 6.24. The highest BCUT2D eigenvalue weighted by molar-refractivity contribution is 5.76. The van der Waals surface area contributed by atoms with Gasteiger partial charge in [0, 0.05) is 17.3 Å². The van der Waals surface area contributed by atoms with Gasteiger partial charge in [0.15, 0.2) is 0 Å². The molecular weight excluding hydrogens is 232 g/mol. The van der Waals surface area contributed by atoms with Crippen molar-refractivity contribution in [2.45, 2.75) is 26.7 Å². The van der Waals surface area contributed by atoms with Gasteiger partial charge in [-0.15, -0.1) is 0 Å². The van der Waals surface area contributed by atoms with Gasteiger partial charge >= 0.3 is 0 Å². The molecule has 0 fully saturated rings. The fourth-order valence-corrected chi connectivity index (χ4v) is 2.50. The average Bonchev–Trinajstić information content (AvgIpc) is 2.77. The second-order valence-electron chi connectivity index (χ2n) is 5.16. The molecule has 3 aromatic rings. The van der Waals surface area contributed by atoms with Gasteiger partial charge in [-0.25, -0.2) is 4.98 Å². The first-order chi connectivity index (χ1) is 9.22. The van der Waals surface area contributed by atoms with Crippen molar-refractivity contribution < 1.29 is 0 Å². The number of aryl methyl sites for hydroxylation is 4. The summed E-state index contributed by atoms with van der Waals surface area (Å²) in [6.45, 7) is 4.24. The van der Waals surface area contributed by atoms with Crippen molar-refractivity contribution in [3.63, 3.8) is 0 Å². The van der Waals surface area contributed by atoms with E-state index in [0.717, 1.165) is 18.5 Å². The highest BCUT2D eigenvalue weighted by atomic mass is 14.8. The van der Waals surface area contributed by atoms with Gasteiger partial charge in [0.25, 0.3) is 0 Å². The topological polar surface area (TPSA) is 28.7 Å². The number of rotatable bonds is 3. The molecule has 0 aliphatic carbocycles. The molecule has 2 heterocycles. The molecular formula is C17H18N2. The lowest BCUT2D eigenvalue weighted by molar-refractivity contribution is 0.944. The molecule has 2 aromatic heterocycles. The SMILES string of the molecule is Cc1cc2cc(CCc3ccccc3C)cnc2[nH]1. The molecule has 0 spiro atoms. The van der Waals surface area contributed by atoms with Gasteiger partial charge in [-0.1, -0.05) is 24.3 Å². The van der Waals surface area contributed by atoms with Crippen LogP contribution in [0.1, 0.15) is 22.4 Å². The van der Waals surface area contributed by atoms with Gasteiger partial charge in [0.05, 0.1) is 0 Å². The second kappa shape index (κ2) is 4.88. The number of nitrogens with one attached hydrogen (secondary N) is 1. The number of benzene rings is 1. The summed E-state index contributed by atoms with van der Waals surface area (Å²) in [4.78, 5) is 7.74. The third-order valence-corrected chi connectivity index (χ3v) is 3.61. The van der Waals surface area contributed by atoms with Crippen LogP contribution < -0.4 is 0 Å². The quantitative estimate of drug-likeness (QED) is 0.748. The molecule has 19 heavy (non-hydrogen) atoms. The van der Waals surface area contributed by atoms with Crippen molar-refractivity contribution >= 4 is 11.0 Å². The predicted molar refractivity (Wildman–Crippen MR) is 79.4 cm³/mol. The van der Waals surface area contributed by atoms with Crippen LogP contribution in [0.15, 0.2) is 42.6 Å². The molecule has 0 saturated carbocycles. The number of nitrogens with zero attached hydrogens (tertiary/aromatic N) is 1. The minimum atomic E-state index is 0.983. The van der Waals surface area contributed by atoms with E-state index in [0.29, 0.717) is 0 Å². The number of aromatic amines is 1. The predicted octanol–water partition coefficient (Wildman–Crippen LogP) is 3.96. The number of pyridine rings is 1. The molecule has 0 aliphatic rings. The maximum atomic E-state index is 4.48. The number of H-pyrrole nitrogens is 1. The average molecular weight is 250 g/mol. The van der Waals surface area contributed by atoms with Crippen LogP contribution in [0.5, 0.6) is 0 Å². The Hall–Kier alpha value is -2.09. The summed E-state index contributed by atoms with van der Waals surface area (Å²) < 4.78 is 0. The molecule has 0 amide bonds. The zero-order valence-electron chi connectivity index (χ0n) is 11.4. The summed E-state index contributed by atoms with van der Waals surface area (Å²) in [7, 11) is 0. The van der Waals surface area contributed by atoms with Gasteiger partial charge in [-0.3, -0.25) is 0 Å². The summed E-state index contributed by atoms with van der Waals surface area (Å²) in [5, 5.41) is 1.21. The lowest BCUT2D eigenvalue weighted by atomic mass is 10.0. The van der Waals surface area contributed by atoms with E-state index >= 15 is 0 Å². The molecule has 2 nitrogen and oxygen atoms in total. The first-order valence-electron chi connectivity index (χ1n) is 6.71. The highest BCUT2D eigenvalue weighted by Gasteiger charge is 2.02. The van der Waals surface area contributed by atoms with Gasteiger partial charge in [0.2, 0.25) is 0 Å². The Balaban J connectivity index is 1.80. The Morgan fingerprint density at radius 3 is 2.74 bits per heavy atom. The van der Waals surface area contributed by atoms with Crippen molar-refractivity contribution in [3.05, 3.63) is 65.0 Å². The van der Waals surface area contributed by atoms with E-state index in [1.54, 1.807) is 0 Å². The van der Waals surface area contributed by atoms with Crippen LogP contribution in [0.3, 0.4) is 0 Å². The van der Waals surface area contributed by atoms with Gasteiger partial charge in [-0.05, 0) is 55.5 Å². The van der Waals surface area contributed by atoms with Crippen LogP contribution in [0.2, 0.25) is 0 Å². The minimum Gasteiger partial charge on any atom is -0.344 e. The van der Waals surface area contributed by atoms with Crippen molar-refractivity contribution in [1.29, 1.82) is 0 Å². The summed E-state index contributed by atoms with van der Waals surface area (Å²) >= 11 is 0. The maximum Gasteiger partial charge on any atom is 0.137 e. The standard InChI is InChI=1S/C17H18N2/c1-12-5-3-4-6-15(12)8-7-14-10-16-9-13(2)19-17(16)18-11-14/h3-6,9-11H,7-8H2,1-2H3,(H,18,19). The Morgan fingerprint density at radius 2 is 1.89 bits per heavy atom. The summed E-state index contributed by atoms with van der Waals surface area (Å²) in [6, 6.07) is 13.0. The summed E-state index contributed by atoms with van der Waals surface area (Å²) in [5.74, 6) is 0. The molecule has 1 N–H and O–H groups in total. The van der Waals surface area contributed by atoms with E-state index in [2.05, 4.69) is 60.2 Å². The largest absolute Gasteiger partial charge is 0.344 e. The maximum absolute atomic E-state index is 4.48. The molecule has 0 aliphatic heterocycles. The smallest absolute Gasteiger partial charge is 0.137 e. The van der Waals surface area contributed by atoms with Crippen LogP contribution in [-0.2, 0) is 12.8 Å². The monoisotopic (exact) mass is 250 g/mol. The van der Waals surface area contributed by atoms with Gasteiger partial charge in [0.1, 0.15) is 5.65 Å². The number of fused-ring (bicyclic) bond motifs is 1. The van der Waals surface area contributed by atoms with E-state index in [1.807, 2.05) is 6.20 Å². The lowest BCUT2D eigenvalue weighted by Crippen LogP contribution is -1.94. The van der Waals surface area contributed by atoms with Gasteiger partial charge in [-0.2, -0.15) is 0 Å². The number of hydrogen-bond acceptors (Lipinski definition) is 1. The fraction of sp³-hybridized carbons (Fsp3) is 0.235. The second-order valence-corrected chi connectivity index (χ2v) is 5.16.